The number of ether oxygens (including phenoxy) is 2. The SMILES string of the molecule is C=C(C)OCNc1ccc(CCc2ccc(NC(=O)c3cc4ccc(OC(=O)C(=C)C)cc4oc3=O)cc2)cc1. The molecule has 0 saturated heterocycles. The average Bonchev–Trinajstić information content (AvgIpc) is 2.92. The molecule has 4 aromatic rings. The van der Waals surface area contributed by atoms with Gasteiger partial charge in [0.1, 0.15) is 16.9 Å². The van der Waals surface area contributed by atoms with E-state index in [9.17, 15) is 14.4 Å². The number of rotatable bonds is 11. The minimum atomic E-state index is -0.797. The third kappa shape index (κ3) is 7.48. The Bertz CT molecular complexity index is 1620. The first-order valence-corrected chi connectivity index (χ1v) is 12.6. The van der Waals surface area contributed by atoms with Gasteiger partial charge < -0.3 is 24.5 Å². The van der Waals surface area contributed by atoms with Crippen molar-refractivity contribution in [3.8, 4) is 5.75 Å². The van der Waals surface area contributed by atoms with Gasteiger partial charge in [0.2, 0.25) is 0 Å². The van der Waals surface area contributed by atoms with Gasteiger partial charge >= 0.3 is 11.6 Å². The summed E-state index contributed by atoms with van der Waals surface area (Å²) in [6.45, 7) is 10.9. The fraction of sp³-hybridized carbons (Fsp3) is 0.156. The second-order valence-electron chi connectivity index (χ2n) is 9.33. The summed E-state index contributed by atoms with van der Waals surface area (Å²) in [5, 5.41) is 6.43. The lowest BCUT2D eigenvalue weighted by molar-refractivity contribution is -0.130. The molecule has 4 rings (SSSR count). The summed E-state index contributed by atoms with van der Waals surface area (Å²) >= 11 is 0. The lowest BCUT2D eigenvalue weighted by atomic mass is 10.0. The zero-order chi connectivity index (χ0) is 28.6. The Balaban J connectivity index is 1.34. The average molecular weight is 539 g/mol. The Morgan fingerprint density at radius 3 is 2.08 bits per heavy atom. The van der Waals surface area contributed by atoms with Gasteiger partial charge in [-0.2, -0.15) is 0 Å². The van der Waals surface area contributed by atoms with Crippen LogP contribution in [0.3, 0.4) is 0 Å². The molecule has 204 valence electrons. The van der Waals surface area contributed by atoms with Crippen molar-refractivity contribution in [3.63, 3.8) is 0 Å². The molecule has 0 aliphatic carbocycles. The largest absolute Gasteiger partial charge is 0.479 e. The molecule has 0 fully saturated rings. The summed E-state index contributed by atoms with van der Waals surface area (Å²) in [7, 11) is 0. The predicted molar refractivity (Wildman–Crippen MR) is 156 cm³/mol. The van der Waals surface area contributed by atoms with E-state index >= 15 is 0 Å². The van der Waals surface area contributed by atoms with Crippen molar-refractivity contribution < 1.29 is 23.5 Å². The molecular formula is C32H30N2O6. The van der Waals surface area contributed by atoms with E-state index in [0.29, 0.717) is 23.6 Å². The second-order valence-corrected chi connectivity index (χ2v) is 9.33. The Kier molecular flexibility index (Phi) is 8.81. The first kappa shape index (κ1) is 27.9. The molecule has 0 atom stereocenters. The highest BCUT2D eigenvalue weighted by Gasteiger charge is 2.15. The first-order chi connectivity index (χ1) is 19.2. The fourth-order valence-electron chi connectivity index (χ4n) is 3.78. The molecule has 1 amide bonds. The molecule has 0 aliphatic heterocycles. The van der Waals surface area contributed by atoms with Crippen LogP contribution >= 0.6 is 0 Å². The van der Waals surface area contributed by atoms with E-state index in [0.717, 1.165) is 24.1 Å². The first-order valence-electron chi connectivity index (χ1n) is 12.6. The third-order valence-electron chi connectivity index (χ3n) is 5.97. The molecule has 40 heavy (non-hydrogen) atoms. The molecule has 1 aromatic heterocycles. The lowest BCUT2D eigenvalue weighted by Gasteiger charge is -2.09. The Morgan fingerprint density at radius 2 is 1.48 bits per heavy atom. The molecular weight excluding hydrogens is 508 g/mol. The van der Waals surface area contributed by atoms with Crippen LogP contribution in [0, 0.1) is 0 Å². The van der Waals surface area contributed by atoms with Gasteiger partial charge in [-0.25, -0.2) is 9.59 Å². The summed E-state index contributed by atoms with van der Waals surface area (Å²) < 4.78 is 15.8. The van der Waals surface area contributed by atoms with E-state index in [1.54, 1.807) is 31.2 Å². The highest BCUT2D eigenvalue weighted by molar-refractivity contribution is 6.05. The van der Waals surface area contributed by atoms with E-state index < -0.39 is 17.5 Å². The number of fused-ring (bicyclic) bond motifs is 1. The number of hydrogen-bond donors (Lipinski definition) is 2. The highest BCUT2D eigenvalue weighted by Crippen LogP contribution is 2.22. The number of carbonyl (C=O) groups is 2. The second kappa shape index (κ2) is 12.6. The maximum absolute atomic E-state index is 12.8. The minimum Gasteiger partial charge on any atom is -0.479 e. The molecule has 0 spiro atoms. The van der Waals surface area contributed by atoms with Gasteiger partial charge in [-0.1, -0.05) is 37.4 Å². The van der Waals surface area contributed by atoms with Crippen molar-refractivity contribution in [2.75, 3.05) is 17.4 Å². The van der Waals surface area contributed by atoms with Gasteiger partial charge in [0.25, 0.3) is 5.91 Å². The smallest absolute Gasteiger partial charge is 0.349 e. The number of anilines is 2. The van der Waals surface area contributed by atoms with Crippen molar-refractivity contribution in [3.05, 3.63) is 124 Å². The molecule has 1 heterocycles. The summed E-state index contributed by atoms with van der Waals surface area (Å²) in [5.41, 5.74) is 3.35. The van der Waals surface area contributed by atoms with Crippen LogP contribution in [0.25, 0.3) is 11.0 Å². The molecule has 0 radical (unpaired) electrons. The van der Waals surface area contributed by atoms with Crippen LogP contribution in [0.4, 0.5) is 11.4 Å². The zero-order valence-electron chi connectivity index (χ0n) is 22.4. The van der Waals surface area contributed by atoms with E-state index in [1.807, 2.05) is 24.3 Å². The minimum absolute atomic E-state index is 0.132. The predicted octanol–water partition coefficient (Wildman–Crippen LogP) is 6.23. The number of aryl methyl sites for hydroxylation is 2. The molecule has 0 bridgehead atoms. The van der Waals surface area contributed by atoms with E-state index in [-0.39, 0.29) is 22.5 Å². The number of nitrogens with one attached hydrogen (secondary N) is 2. The van der Waals surface area contributed by atoms with Gasteiger partial charge in [0.05, 0.1) is 5.76 Å². The van der Waals surface area contributed by atoms with Crippen LogP contribution in [0.2, 0.25) is 0 Å². The lowest BCUT2D eigenvalue weighted by Crippen LogP contribution is -2.20. The Labute approximate surface area is 231 Å². The number of hydrogen-bond acceptors (Lipinski definition) is 7. The van der Waals surface area contributed by atoms with Crippen LogP contribution in [-0.4, -0.2) is 18.6 Å². The summed E-state index contributed by atoms with van der Waals surface area (Å²) in [5.74, 6) is -0.298. The summed E-state index contributed by atoms with van der Waals surface area (Å²) in [6, 6.07) is 21.7. The number of amides is 1. The number of esters is 1. The summed E-state index contributed by atoms with van der Waals surface area (Å²) in [4.78, 5) is 37.1. The van der Waals surface area contributed by atoms with Gasteiger partial charge in [-0.3, -0.25) is 4.79 Å². The van der Waals surface area contributed by atoms with E-state index in [1.165, 1.54) is 24.6 Å². The van der Waals surface area contributed by atoms with E-state index in [4.69, 9.17) is 13.9 Å². The standard InChI is InChI=1S/C32H30N2O6/c1-20(2)31(36)39-27-16-11-24-17-28(32(37)40-29(24)18-27)30(35)34-26-14-9-23(10-15-26)6-5-22-7-12-25(13-8-22)33-19-38-21(3)4/h7-18,33H,1,3,5-6,19H2,2,4H3,(H,34,35). The van der Waals surface area contributed by atoms with Gasteiger partial charge in [0, 0.05) is 28.4 Å². The fourth-order valence-corrected chi connectivity index (χ4v) is 3.78. The molecule has 0 unspecified atom stereocenters. The van der Waals surface area contributed by atoms with Crippen molar-refractivity contribution in [2.24, 2.45) is 0 Å². The maximum Gasteiger partial charge on any atom is 0.349 e. The zero-order valence-corrected chi connectivity index (χ0v) is 22.4. The molecule has 8 nitrogen and oxygen atoms in total. The highest BCUT2D eigenvalue weighted by atomic mass is 16.5. The maximum atomic E-state index is 12.8. The normalized spacial score (nSPS) is 10.6. The van der Waals surface area contributed by atoms with Crippen molar-refractivity contribution in [1.29, 1.82) is 0 Å². The molecule has 0 aliphatic rings. The quantitative estimate of drug-likeness (QED) is 0.0582. The topological polar surface area (TPSA) is 107 Å². The van der Waals surface area contributed by atoms with Crippen molar-refractivity contribution >= 4 is 34.2 Å². The molecule has 2 N–H and O–H groups in total. The van der Waals surface area contributed by atoms with Gasteiger partial charge in [-0.05, 0) is 80.3 Å². The molecule has 8 heteroatoms. The monoisotopic (exact) mass is 538 g/mol. The van der Waals surface area contributed by atoms with Crippen molar-refractivity contribution in [2.45, 2.75) is 26.7 Å². The van der Waals surface area contributed by atoms with Gasteiger partial charge in [-0.15, -0.1) is 0 Å². The Hall–Kier alpha value is -5.11. The van der Waals surface area contributed by atoms with Crippen LogP contribution in [-0.2, 0) is 22.4 Å². The number of benzene rings is 3. The summed E-state index contributed by atoms with van der Waals surface area (Å²) in [6.07, 6.45) is 1.69. The van der Waals surface area contributed by atoms with E-state index in [2.05, 4.69) is 35.9 Å². The number of carbonyl (C=O) groups excluding carboxylic acids is 2. The van der Waals surface area contributed by atoms with Crippen LogP contribution < -0.4 is 21.0 Å². The van der Waals surface area contributed by atoms with Crippen molar-refractivity contribution in [1.82, 2.24) is 0 Å². The third-order valence-corrected chi connectivity index (χ3v) is 5.97. The van der Waals surface area contributed by atoms with Gasteiger partial charge in [0.15, 0.2) is 6.73 Å². The van der Waals surface area contributed by atoms with Crippen LogP contribution in [0.1, 0.15) is 35.3 Å². The van der Waals surface area contributed by atoms with Crippen LogP contribution in [0.5, 0.6) is 5.75 Å². The van der Waals surface area contributed by atoms with Crippen LogP contribution in [0.15, 0.2) is 106 Å². The number of allylic oxidation sites excluding steroid dienone is 1. The Morgan fingerprint density at radius 1 is 0.850 bits per heavy atom. The molecule has 3 aromatic carbocycles. The molecule has 0 saturated carbocycles.